The standard InChI is InChI=1S/C23H15ClN4/c24-17-13-20-23(28-19-11-5-4-10-18(19)27-20)21(15-7-2-1-3-8-15)22(17)26-16-9-6-12-25-14-16/h1-14,26H. The minimum atomic E-state index is 0.583. The van der Waals surface area contributed by atoms with Crippen molar-refractivity contribution in [2.24, 2.45) is 0 Å². The Kier molecular flexibility index (Phi) is 4.11. The first-order valence-electron chi connectivity index (χ1n) is 8.91. The van der Waals surface area contributed by atoms with Crippen LogP contribution in [-0.4, -0.2) is 15.0 Å². The third-order valence-electron chi connectivity index (χ3n) is 4.58. The summed E-state index contributed by atoms with van der Waals surface area (Å²) < 4.78 is 0. The van der Waals surface area contributed by atoms with Crippen LogP contribution in [0.2, 0.25) is 5.02 Å². The molecular formula is C23H15ClN4. The Balaban J connectivity index is 1.85. The summed E-state index contributed by atoms with van der Waals surface area (Å²) in [6.45, 7) is 0. The minimum Gasteiger partial charge on any atom is -0.352 e. The van der Waals surface area contributed by atoms with E-state index >= 15 is 0 Å². The molecule has 5 heteroatoms. The zero-order valence-corrected chi connectivity index (χ0v) is 15.6. The number of aromatic nitrogens is 3. The Labute approximate surface area is 166 Å². The van der Waals surface area contributed by atoms with Crippen molar-refractivity contribution in [2.75, 3.05) is 5.32 Å². The van der Waals surface area contributed by atoms with Crippen LogP contribution < -0.4 is 5.32 Å². The number of halogens is 1. The van der Waals surface area contributed by atoms with E-state index in [1.54, 1.807) is 12.4 Å². The number of pyridine rings is 1. The molecule has 0 aliphatic rings. The second-order valence-electron chi connectivity index (χ2n) is 6.42. The number of nitrogens with zero attached hydrogens (tertiary/aromatic N) is 3. The van der Waals surface area contributed by atoms with Gasteiger partial charge in [-0.05, 0) is 35.9 Å². The highest BCUT2D eigenvalue weighted by molar-refractivity contribution is 6.35. The topological polar surface area (TPSA) is 50.7 Å². The zero-order chi connectivity index (χ0) is 18.9. The molecule has 0 bridgehead atoms. The lowest BCUT2D eigenvalue weighted by Crippen LogP contribution is -1.99. The van der Waals surface area contributed by atoms with Crippen molar-refractivity contribution in [2.45, 2.75) is 0 Å². The third kappa shape index (κ3) is 2.94. The van der Waals surface area contributed by atoms with Crippen molar-refractivity contribution >= 4 is 45.0 Å². The summed E-state index contributed by atoms with van der Waals surface area (Å²) in [5, 5.41) is 4.00. The molecule has 134 valence electrons. The fourth-order valence-electron chi connectivity index (χ4n) is 3.32. The monoisotopic (exact) mass is 382 g/mol. The van der Waals surface area contributed by atoms with Crippen LogP contribution >= 0.6 is 11.6 Å². The molecule has 0 amide bonds. The second-order valence-corrected chi connectivity index (χ2v) is 6.83. The first-order chi connectivity index (χ1) is 13.8. The predicted octanol–water partition coefficient (Wildman–Crippen LogP) is 6.24. The van der Waals surface area contributed by atoms with Gasteiger partial charge in [-0.1, -0.05) is 54.1 Å². The lowest BCUT2D eigenvalue weighted by molar-refractivity contribution is 1.32. The molecule has 5 aromatic rings. The fraction of sp³-hybridized carbons (Fsp3) is 0. The lowest BCUT2D eigenvalue weighted by atomic mass is 10.0. The number of hydrogen-bond acceptors (Lipinski definition) is 4. The average molecular weight is 383 g/mol. The molecule has 2 heterocycles. The number of nitrogens with one attached hydrogen (secondary N) is 1. The highest BCUT2D eigenvalue weighted by Crippen LogP contribution is 2.41. The van der Waals surface area contributed by atoms with Crippen molar-refractivity contribution in [3.05, 3.63) is 90.2 Å². The van der Waals surface area contributed by atoms with Crippen molar-refractivity contribution in [1.29, 1.82) is 0 Å². The van der Waals surface area contributed by atoms with E-state index in [9.17, 15) is 0 Å². The van der Waals surface area contributed by atoms with E-state index in [-0.39, 0.29) is 0 Å². The summed E-state index contributed by atoms with van der Waals surface area (Å²) in [5.74, 6) is 0. The Morgan fingerprint density at radius 2 is 1.50 bits per heavy atom. The molecule has 4 nitrogen and oxygen atoms in total. The maximum Gasteiger partial charge on any atom is 0.0994 e. The zero-order valence-electron chi connectivity index (χ0n) is 14.8. The summed E-state index contributed by atoms with van der Waals surface area (Å²) in [7, 11) is 0. The van der Waals surface area contributed by atoms with Gasteiger partial charge in [-0.25, -0.2) is 9.97 Å². The summed E-state index contributed by atoms with van der Waals surface area (Å²) >= 11 is 6.71. The Morgan fingerprint density at radius 1 is 0.750 bits per heavy atom. The molecule has 1 N–H and O–H groups in total. The molecule has 3 aromatic carbocycles. The van der Waals surface area contributed by atoms with E-state index in [0.29, 0.717) is 5.02 Å². The number of fused-ring (bicyclic) bond motifs is 2. The largest absolute Gasteiger partial charge is 0.352 e. The van der Waals surface area contributed by atoms with Crippen molar-refractivity contribution in [1.82, 2.24) is 15.0 Å². The van der Waals surface area contributed by atoms with E-state index in [4.69, 9.17) is 21.6 Å². The highest BCUT2D eigenvalue weighted by atomic mass is 35.5. The number of anilines is 2. The van der Waals surface area contributed by atoms with Gasteiger partial charge in [0.2, 0.25) is 0 Å². The van der Waals surface area contributed by atoms with Gasteiger partial charge in [0.1, 0.15) is 0 Å². The average Bonchev–Trinajstić information content (AvgIpc) is 2.74. The molecule has 0 aliphatic carbocycles. The van der Waals surface area contributed by atoms with Crippen LogP contribution in [0.4, 0.5) is 11.4 Å². The van der Waals surface area contributed by atoms with E-state index in [1.807, 2.05) is 60.7 Å². The molecule has 0 fully saturated rings. The minimum absolute atomic E-state index is 0.583. The number of para-hydroxylation sites is 2. The van der Waals surface area contributed by atoms with Crippen LogP contribution in [-0.2, 0) is 0 Å². The van der Waals surface area contributed by atoms with Gasteiger partial charge in [-0.3, -0.25) is 4.98 Å². The van der Waals surface area contributed by atoms with Crippen LogP contribution in [0, 0.1) is 0 Å². The normalized spacial score (nSPS) is 11.0. The number of benzene rings is 3. The van der Waals surface area contributed by atoms with Gasteiger partial charge in [0.05, 0.1) is 44.7 Å². The second kappa shape index (κ2) is 6.91. The maximum absolute atomic E-state index is 6.71. The van der Waals surface area contributed by atoms with E-state index < -0.39 is 0 Å². The van der Waals surface area contributed by atoms with Crippen LogP contribution in [0.3, 0.4) is 0 Å². The molecule has 2 aromatic heterocycles. The van der Waals surface area contributed by atoms with Crippen molar-refractivity contribution in [3.8, 4) is 11.1 Å². The van der Waals surface area contributed by atoms with Gasteiger partial charge in [-0.15, -0.1) is 0 Å². The molecule has 0 saturated carbocycles. The van der Waals surface area contributed by atoms with E-state index in [0.717, 1.165) is 44.6 Å². The molecule has 5 rings (SSSR count). The summed E-state index contributed by atoms with van der Waals surface area (Å²) in [5.41, 5.74) is 6.85. The van der Waals surface area contributed by atoms with Gasteiger partial charge in [0.25, 0.3) is 0 Å². The van der Waals surface area contributed by atoms with Crippen molar-refractivity contribution < 1.29 is 0 Å². The first kappa shape index (κ1) is 16.7. The number of rotatable bonds is 3. The SMILES string of the molecule is Clc1cc2nc3ccccc3nc2c(-c2ccccc2)c1Nc1cccnc1. The van der Waals surface area contributed by atoms with Gasteiger partial charge in [0.15, 0.2) is 0 Å². The molecule has 0 saturated heterocycles. The molecule has 0 atom stereocenters. The Bertz CT molecular complexity index is 1290. The van der Waals surface area contributed by atoms with E-state index in [2.05, 4.69) is 22.4 Å². The number of hydrogen-bond donors (Lipinski definition) is 1. The van der Waals surface area contributed by atoms with Gasteiger partial charge < -0.3 is 5.32 Å². The highest BCUT2D eigenvalue weighted by Gasteiger charge is 2.17. The quantitative estimate of drug-likeness (QED) is 0.375. The molecule has 0 aliphatic heterocycles. The smallest absolute Gasteiger partial charge is 0.0994 e. The first-order valence-corrected chi connectivity index (χ1v) is 9.29. The maximum atomic E-state index is 6.71. The van der Waals surface area contributed by atoms with Crippen LogP contribution in [0.5, 0.6) is 0 Å². The third-order valence-corrected chi connectivity index (χ3v) is 4.88. The molecular weight excluding hydrogens is 368 g/mol. The fourth-order valence-corrected chi connectivity index (χ4v) is 3.56. The Morgan fingerprint density at radius 3 is 2.25 bits per heavy atom. The van der Waals surface area contributed by atoms with Gasteiger partial charge in [-0.2, -0.15) is 0 Å². The van der Waals surface area contributed by atoms with Crippen molar-refractivity contribution in [3.63, 3.8) is 0 Å². The van der Waals surface area contributed by atoms with Crippen LogP contribution in [0.15, 0.2) is 85.2 Å². The summed E-state index contributed by atoms with van der Waals surface area (Å²) in [6.07, 6.45) is 3.50. The molecule has 28 heavy (non-hydrogen) atoms. The summed E-state index contributed by atoms with van der Waals surface area (Å²) in [4.78, 5) is 13.9. The summed E-state index contributed by atoms with van der Waals surface area (Å²) in [6, 6.07) is 23.7. The van der Waals surface area contributed by atoms with Gasteiger partial charge in [0, 0.05) is 11.8 Å². The molecule has 0 spiro atoms. The Hall–Kier alpha value is -3.50. The van der Waals surface area contributed by atoms with E-state index in [1.165, 1.54) is 0 Å². The van der Waals surface area contributed by atoms with Crippen LogP contribution in [0.1, 0.15) is 0 Å². The van der Waals surface area contributed by atoms with Gasteiger partial charge >= 0.3 is 0 Å². The van der Waals surface area contributed by atoms with Crippen LogP contribution in [0.25, 0.3) is 33.2 Å². The molecule has 0 radical (unpaired) electrons. The predicted molar refractivity (Wildman–Crippen MR) is 115 cm³/mol. The lowest BCUT2D eigenvalue weighted by Gasteiger charge is -2.16. The molecule has 0 unspecified atom stereocenters.